The van der Waals surface area contributed by atoms with E-state index in [0.717, 1.165) is 5.56 Å². The highest BCUT2D eigenvalue weighted by molar-refractivity contribution is 6.32. The van der Waals surface area contributed by atoms with Gasteiger partial charge in [0, 0.05) is 16.1 Å². The zero-order valence-electron chi connectivity index (χ0n) is 15.9. The summed E-state index contributed by atoms with van der Waals surface area (Å²) in [6, 6.07) is 21.2. The summed E-state index contributed by atoms with van der Waals surface area (Å²) >= 11 is 6.22. The normalized spacial score (nSPS) is 11.0. The van der Waals surface area contributed by atoms with Gasteiger partial charge in [-0.25, -0.2) is 4.39 Å². The fourth-order valence-corrected chi connectivity index (χ4v) is 3.03. The first kappa shape index (κ1) is 20.4. The van der Waals surface area contributed by atoms with Crippen molar-refractivity contribution in [3.8, 4) is 17.6 Å². The molecule has 5 heteroatoms. The summed E-state index contributed by atoms with van der Waals surface area (Å²) in [4.78, 5) is 0. The van der Waals surface area contributed by atoms with Crippen LogP contribution in [0.15, 0.2) is 66.7 Å². The van der Waals surface area contributed by atoms with E-state index in [4.69, 9.17) is 21.1 Å². The van der Waals surface area contributed by atoms with E-state index in [-0.39, 0.29) is 12.4 Å². The van der Waals surface area contributed by atoms with Crippen molar-refractivity contribution in [3.05, 3.63) is 94.3 Å². The number of nitriles is 1. The molecular weight excluding hydrogens is 389 g/mol. The van der Waals surface area contributed by atoms with Crippen LogP contribution in [0.25, 0.3) is 11.6 Å². The minimum atomic E-state index is -0.316. The average Bonchev–Trinajstić information content (AvgIpc) is 2.73. The van der Waals surface area contributed by atoms with Crippen LogP contribution in [0.2, 0.25) is 5.02 Å². The van der Waals surface area contributed by atoms with E-state index in [1.165, 1.54) is 6.07 Å². The van der Waals surface area contributed by atoms with Gasteiger partial charge in [-0.2, -0.15) is 5.26 Å². The van der Waals surface area contributed by atoms with Crippen LogP contribution in [0.5, 0.6) is 11.5 Å². The molecule has 29 heavy (non-hydrogen) atoms. The summed E-state index contributed by atoms with van der Waals surface area (Å²) in [6.07, 6.45) is 1.74. The second-order valence-electron chi connectivity index (χ2n) is 6.17. The van der Waals surface area contributed by atoms with Gasteiger partial charge < -0.3 is 9.47 Å². The molecule has 0 spiro atoms. The second kappa shape index (κ2) is 9.77. The van der Waals surface area contributed by atoms with Gasteiger partial charge in [0.15, 0.2) is 11.5 Å². The number of halogens is 2. The molecule has 0 amide bonds. The van der Waals surface area contributed by atoms with Crippen molar-refractivity contribution in [3.63, 3.8) is 0 Å². The largest absolute Gasteiger partial charge is 0.490 e. The highest BCUT2D eigenvalue weighted by Gasteiger charge is 2.10. The Morgan fingerprint density at radius 1 is 1.03 bits per heavy atom. The lowest BCUT2D eigenvalue weighted by atomic mass is 10.0. The molecule has 0 atom stereocenters. The van der Waals surface area contributed by atoms with Gasteiger partial charge in [0.1, 0.15) is 12.4 Å². The Hall–Kier alpha value is -3.29. The van der Waals surface area contributed by atoms with Crippen molar-refractivity contribution in [1.29, 1.82) is 5.26 Å². The molecule has 3 aromatic carbocycles. The molecule has 0 radical (unpaired) electrons. The van der Waals surface area contributed by atoms with Gasteiger partial charge in [0.05, 0.1) is 18.2 Å². The molecule has 3 nitrogen and oxygen atoms in total. The number of rotatable bonds is 7. The van der Waals surface area contributed by atoms with E-state index in [9.17, 15) is 9.65 Å². The number of allylic oxidation sites excluding steroid dienone is 1. The maximum Gasteiger partial charge on any atom is 0.161 e. The van der Waals surface area contributed by atoms with Crippen LogP contribution in [0, 0.1) is 17.1 Å². The zero-order chi connectivity index (χ0) is 20.6. The lowest BCUT2D eigenvalue weighted by Crippen LogP contribution is -2.01. The minimum Gasteiger partial charge on any atom is -0.490 e. The average molecular weight is 408 g/mol. The summed E-state index contributed by atoms with van der Waals surface area (Å²) in [5.74, 6) is 0.709. The Labute approximate surface area is 174 Å². The number of benzene rings is 3. The van der Waals surface area contributed by atoms with Gasteiger partial charge in [0.2, 0.25) is 0 Å². The monoisotopic (exact) mass is 407 g/mol. The Morgan fingerprint density at radius 2 is 1.79 bits per heavy atom. The predicted molar refractivity (Wildman–Crippen MR) is 113 cm³/mol. The van der Waals surface area contributed by atoms with Gasteiger partial charge in [-0.3, -0.25) is 0 Å². The van der Waals surface area contributed by atoms with E-state index >= 15 is 0 Å². The predicted octanol–water partition coefficient (Wildman–Crippen LogP) is 6.52. The first-order chi connectivity index (χ1) is 14.1. The molecule has 0 aromatic heterocycles. The van der Waals surface area contributed by atoms with Crippen LogP contribution in [0.3, 0.4) is 0 Å². The lowest BCUT2D eigenvalue weighted by molar-refractivity contribution is 0.266. The maximum atomic E-state index is 13.8. The Bertz CT molecular complexity index is 1070. The van der Waals surface area contributed by atoms with Crippen LogP contribution < -0.4 is 9.47 Å². The van der Waals surface area contributed by atoms with E-state index in [2.05, 4.69) is 6.07 Å². The Morgan fingerprint density at radius 3 is 2.52 bits per heavy atom. The molecule has 0 fully saturated rings. The summed E-state index contributed by atoms with van der Waals surface area (Å²) in [7, 11) is 0. The lowest BCUT2D eigenvalue weighted by Gasteiger charge is -2.13. The number of hydrogen-bond donors (Lipinski definition) is 0. The van der Waals surface area contributed by atoms with Crippen LogP contribution >= 0.6 is 11.6 Å². The molecule has 0 saturated heterocycles. The van der Waals surface area contributed by atoms with Crippen LogP contribution in [0.4, 0.5) is 4.39 Å². The van der Waals surface area contributed by atoms with E-state index in [0.29, 0.717) is 39.8 Å². The van der Waals surface area contributed by atoms with Gasteiger partial charge in [0.25, 0.3) is 0 Å². The summed E-state index contributed by atoms with van der Waals surface area (Å²) in [5, 5.41) is 10.1. The maximum absolute atomic E-state index is 13.8. The molecule has 0 saturated carbocycles. The van der Waals surface area contributed by atoms with Gasteiger partial charge in [-0.05, 0) is 42.8 Å². The summed E-state index contributed by atoms with van der Waals surface area (Å²) in [5.41, 5.74) is 2.33. The molecule has 0 aliphatic rings. The van der Waals surface area contributed by atoms with Crippen molar-refractivity contribution < 1.29 is 13.9 Å². The van der Waals surface area contributed by atoms with Crippen molar-refractivity contribution in [2.24, 2.45) is 0 Å². The highest BCUT2D eigenvalue weighted by atomic mass is 35.5. The van der Waals surface area contributed by atoms with Crippen LogP contribution in [0.1, 0.15) is 23.6 Å². The standard InChI is InChI=1S/C24H19ClFNO2/c1-2-28-24-14-17(13-19(15-27)20-8-4-5-9-21(20)25)11-12-23(24)29-16-18-7-3-6-10-22(18)26/h3-14H,2,16H2,1H3. The second-order valence-corrected chi connectivity index (χ2v) is 6.58. The molecule has 0 unspecified atom stereocenters. The van der Waals surface area contributed by atoms with Gasteiger partial charge in [-0.1, -0.05) is 54.1 Å². The van der Waals surface area contributed by atoms with Crippen molar-refractivity contribution in [2.45, 2.75) is 13.5 Å². The van der Waals surface area contributed by atoms with Crippen molar-refractivity contribution >= 4 is 23.3 Å². The topological polar surface area (TPSA) is 42.2 Å². The summed E-state index contributed by atoms with van der Waals surface area (Å²) < 4.78 is 25.3. The third-order valence-corrected chi connectivity index (χ3v) is 4.53. The fourth-order valence-electron chi connectivity index (χ4n) is 2.79. The molecule has 0 aliphatic carbocycles. The van der Waals surface area contributed by atoms with Crippen LogP contribution in [-0.2, 0) is 6.61 Å². The molecule has 0 heterocycles. The third-order valence-electron chi connectivity index (χ3n) is 4.20. The minimum absolute atomic E-state index is 0.0883. The first-order valence-corrected chi connectivity index (χ1v) is 9.50. The molecule has 0 N–H and O–H groups in total. The van der Waals surface area contributed by atoms with E-state index in [1.54, 1.807) is 48.5 Å². The van der Waals surface area contributed by atoms with Crippen LogP contribution in [-0.4, -0.2) is 6.61 Å². The molecule has 0 aliphatic heterocycles. The number of hydrogen-bond acceptors (Lipinski definition) is 3. The highest BCUT2D eigenvalue weighted by Crippen LogP contribution is 2.32. The van der Waals surface area contributed by atoms with Crippen molar-refractivity contribution in [1.82, 2.24) is 0 Å². The molecule has 0 bridgehead atoms. The third kappa shape index (κ3) is 5.16. The van der Waals surface area contributed by atoms with Gasteiger partial charge >= 0.3 is 0 Å². The number of ether oxygens (including phenoxy) is 2. The van der Waals surface area contributed by atoms with Crippen molar-refractivity contribution in [2.75, 3.05) is 6.61 Å². The van der Waals surface area contributed by atoms with E-state index < -0.39 is 0 Å². The smallest absolute Gasteiger partial charge is 0.161 e. The first-order valence-electron chi connectivity index (χ1n) is 9.12. The molecular formula is C24H19ClFNO2. The quantitative estimate of drug-likeness (QED) is 0.330. The molecule has 146 valence electrons. The Kier molecular flexibility index (Phi) is 6.89. The Balaban J connectivity index is 1.88. The van der Waals surface area contributed by atoms with Gasteiger partial charge in [-0.15, -0.1) is 0 Å². The molecule has 3 aromatic rings. The number of nitrogens with zero attached hydrogens (tertiary/aromatic N) is 1. The SMILES string of the molecule is CCOc1cc(C=C(C#N)c2ccccc2Cl)ccc1OCc1ccccc1F. The van der Waals surface area contributed by atoms with E-state index in [1.807, 2.05) is 25.1 Å². The zero-order valence-corrected chi connectivity index (χ0v) is 16.6. The molecule has 3 rings (SSSR count). The fraction of sp³-hybridized carbons (Fsp3) is 0.125. The summed E-state index contributed by atoms with van der Waals surface area (Å²) in [6.45, 7) is 2.40.